The SMILES string of the molecule is C=CCC[C@@H](N[S@+]([O-])C(C)(C)C)c1cnc(Cl)c(Cl)c1. The molecule has 0 unspecified atom stereocenters. The lowest BCUT2D eigenvalue weighted by Gasteiger charge is -2.28. The largest absolute Gasteiger partial charge is 0.598 e. The zero-order chi connectivity index (χ0) is 15.3. The number of nitrogens with one attached hydrogen (secondary N) is 1. The number of rotatable bonds is 6. The van der Waals surface area contributed by atoms with Crippen molar-refractivity contribution < 1.29 is 4.55 Å². The number of nitrogens with zero attached hydrogens (tertiary/aromatic N) is 1. The Kier molecular flexibility index (Phi) is 6.82. The monoisotopic (exact) mass is 334 g/mol. The molecule has 1 aromatic heterocycles. The maximum atomic E-state index is 12.3. The minimum Gasteiger partial charge on any atom is -0.598 e. The third-order valence-corrected chi connectivity index (χ3v) is 4.98. The van der Waals surface area contributed by atoms with Gasteiger partial charge < -0.3 is 4.55 Å². The Morgan fingerprint density at radius 1 is 1.50 bits per heavy atom. The first-order valence-corrected chi connectivity index (χ1v) is 8.26. The highest BCUT2D eigenvalue weighted by Crippen LogP contribution is 2.27. The van der Waals surface area contributed by atoms with Crippen molar-refractivity contribution in [1.82, 2.24) is 9.71 Å². The lowest BCUT2D eigenvalue weighted by Crippen LogP contribution is -2.41. The normalized spacial score (nSPS) is 14.9. The van der Waals surface area contributed by atoms with Crippen molar-refractivity contribution in [2.45, 2.75) is 44.4 Å². The van der Waals surface area contributed by atoms with E-state index >= 15 is 0 Å². The Bertz CT molecular complexity index is 463. The Balaban J connectivity index is 2.93. The van der Waals surface area contributed by atoms with Gasteiger partial charge in [0.2, 0.25) is 0 Å². The van der Waals surface area contributed by atoms with Crippen molar-refractivity contribution in [2.75, 3.05) is 0 Å². The minimum absolute atomic E-state index is 0.102. The van der Waals surface area contributed by atoms with Crippen LogP contribution in [0.1, 0.15) is 45.2 Å². The van der Waals surface area contributed by atoms with Gasteiger partial charge in [0.25, 0.3) is 0 Å². The van der Waals surface area contributed by atoms with Crippen molar-refractivity contribution in [3.05, 3.63) is 40.7 Å². The average molecular weight is 335 g/mol. The molecule has 0 radical (unpaired) electrons. The molecule has 112 valence electrons. The summed E-state index contributed by atoms with van der Waals surface area (Å²) in [6.45, 7) is 9.49. The summed E-state index contributed by atoms with van der Waals surface area (Å²) in [5, 5.41) is 0.672. The summed E-state index contributed by atoms with van der Waals surface area (Å²) < 4.78 is 15.1. The van der Waals surface area contributed by atoms with E-state index in [9.17, 15) is 4.55 Å². The molecular weight excluding hydrogens is 315 g/mol. The molecule has 0 aliphatic rings. The van der Waals surface area contributed by atoms with Crippen molar-refractivity contribution in [1.29, 1.82) is 0 Å². The standard InChI is InChI=1S/C14H20Cl2N2OS/c1-5-6-7-12(18-20(19)14(2,3)4)10-8-11(15)13(16)17-9-10/h5,8-9,12,18H,1,6-7H2,2-4H3/t12-,20-/m1/s1. The van der Waals surface area contributed by atoms with Crippen LogP contribution in [0.2, 0.25) is 10.2 Å². The zero-order valence-electron chi connectivity index (χ0n) is 12.0. The summed E-state index contributed by atoms with van der Waals surface area (Å²) in [7, 11) is 0. The van der Waals surface area contributed by atoms with Crippen LogP contribution in [0.5, 0.6) is 0 Å². The summed E-state index contributed by atoms with van der Waals surface area (Å²) in [6.07, 6.45) is 5.07. The van der Waals surface area contributed by atoms with E-state index in [4.69, 9.17) is 23.2 Å². The average Bonchev–Trinajstić information content (AvgIpc) is 2.36. The molecule has 1 heterocycles. The molecule has 0 saturated heterocycles. The van der Waals surface area contributed by atoms with Gasteiger partial charge in [0.05, 0.1) is 11.1 Å². The summed E-state index contributed by atoms with van der Waals surface area (Å²) in [4.78, 5) is 4.05. The van der Waals surface area contributed by atoms with Crippen molar-refractivity contribution >= 4 is 34.6 Å². The zero-order valence-corrected chi connectivity index (χ0v) is 14.3. The predicted octanol–water partition coefficient (Wildman–Crippen LogP) is 4.45. The van der Waals surface area contributed by atoms with Crippen molar-refractivity contribution in [3.8, 4) is 0 Å². The smallest absolute Gasteiger partial charge is 0.147 e. The highest BCUT2D eigenvalue weighted by Gasteiger charge is 2.29. The maximum absolute atomic E-state index is 12.3. The Morgan fingerprint density at radius 2 is 2.15 bits per heavy atom. The van der Waals surface area contributed by atoms with Crippen LogP contribution in [0.3, 0.4) is 0 Å². The van der Waals surface area contributed by atoms with E-state index < -0.39 is 11.4 Å². The van der Waals surface area contributed by atoms with Gasteiger partial charge in [0, 0.05) is 17.6 Å². The van der Waals surface area contributed by atoms with Crippen molar-refractivity contribution in [2.24, 2.45) is 0 Å². The summed E-state index contributed by atoms with van der Waals surface area (Å²) >= 11 is 10.7. The van der Waals surface area contributed by atoms with Crippen LogP contribution in [-0.2, 0) is 11.4 Å². The molecular formula is C14H20Cl2N2OS. The predicted molar refractivity (Wildman–Crippen MR) is 87.5 cm³/mol. The first kappa shape index (κ1) is 17.8. The molecule has 0 spiro atoms. The molecule has 0 fully saturated rings. The molecule has 0 amide bonds. The van der Waals surface area contributed by atoms with Gasteiger partial charge in [0.1, 0.15) is 9.90 Å². The second kappa shape index (κ2) is 7.66. The van der Waals surface area contributed by atoms with Crippen LogP contribution >= 0.6 is 23.2 Å². The molecule has 1 rings (SSSR count). The first-order chi connectivity index (χ1) is 9.25. The number of hydrogen-bond acceptors (Lipinski definition) is 3. The van der Waals surface area contributed by atoms with Crippen LogP contribution in [0.4, 0.5) is 0 Å². The second-order valence-electron chi connectivity index (χ2n) is 5.46. The highest BCUT2D eigenvalue weighted by molar-refractivity contribution is 7.90. The second-order valence-corrected chi connectivity index (χ2v) is 8.22. The molecule has 1 N–H and O–H groups in total. The third kappa shape index (κ3) is 5.26. The number of aromatic nitrogens is 1. The number of hydrogen-bond donors (Lipinski definition) is 1. The third-order valence-electron chi connectivity index (χ3n) is 2.68. The van der Waals surface area contributed by atoms with Gasteiger partial charge in [-0.15, -0.1) is 11.3 Å². The van der Waals surface area contributed by atoms with Crippen LogP contribution in [0.25, 0.3) is 0 Å². The van der Waals surface area contributed by atoms with E-state index in [0.717, 1.165) is 18.4 Å². The lowest BCUT2D eigenvalue weighted by atomic mass is 10.1. The van der Waals surface area contributed by atoms with E-state index in [-0.39, 0.29) is 15.9 Å². The molecule has 0 saturated carbocycles. The number of pyridine rings is 1. The van der Waals surface area contributed by atoms with Gasteiger partial charge in [0.15, 0.2) is 0 Å². The van der Waals surface area contributed by atoms with Gasteiger partial charge in [-0.2, -0.15) is 0 Å². The van der Waals surface area contributed by atoms with Crippen LogP contribution < -0.4 is 4.72 Å². The quantitative estimate of drug-likeness (QED) is 0.475. The van der Waals surface area contributed by atoms with E-state index in [1.54, 1.807) is 12.3 Å². The Hall–Kier alpha value is -0.260. The van der Waals surface area contributed by atoms with Crippen LogP contribution in [0.15, 0.2) is 24.9 Å². The molecule has 0 bridgehead atoms. The molecule has 20 heavy (non-hydrogen) atoms. The van der Waals surface area contributed by atoms with Crippen LogP contribution in [0, 0.1) is 0 Å². The fraction of sp³-hybridized carbons (Fsp3) is 0.500. The van der Waals surface area contributed by atoms with Gasteiger partial charge in [-0.3, -0.25) is 0 Å². The summed E-state index contributed by atoms with van der Waals surface area (Å²) in [6, 6.07) is 1.66. The summed E-state index contributed by atoms with van der Waals surface area (Å²) in [5.41, 5.74) is 0.874. The maximum Gasteiger partial charge on any atom is 0.147 e. The van der Waals surface area contributed by atoms with Crippen molar-refractivity contribution in [3.63, 3.8) is 0 Å². The minimum atomic E-state index is -1.17. The topological polar surface area (TPSA) is 48.0 Å². The highest BCUT2D eigenvalue weighted by atomic mass is 35.5. The molecule has 3 nitrogen and oxygen atoms in total. The first-order valence-electron chi connectivity index (χ1n) is 6.35. The van der Waals surface area contributed by atoms with E-state index in [1.165, 1.54) is 0 Å². The molecule has 1 aromatic rings. The number of allylic oxidation sites excluding steroid dienone is 1. The molecule has 6 heteroatoms. The van der Waals surface area contributed by atoms with E-state index in [2.05, 4.69) is 16.3 Å². The molecule has 0 aliphatic carbocycles. The fourth-order valence-corrected chi connectivity index (χ4v) is 2.65. The van der Waals surface area contributed by atoms with E-state index in [0.29, 0.717) is 5.02 Å². The number of halogens is 2. The van der Waals surface area contributed by atoms with Crippen LogP contribution in [-0.4, -0.2) is 14.3 Å². The Morgan fingerprint density at radius 3 is 2.65 bits per heavy atom. The van der Waals surface area contributed by atoms with E-state index in [1.807, 2.05) is 26.8 Å². The lowest BCUT2D eigenvalue weighted by molar-refractivity contribution is 0.513. The molecule has 0 aromatic carbocycles. The van der Waals surface area contributed by atoms with Gasteiger partial charge >= 0.3 is 0 Å². The van der Waals surface area contributed by atoms with Gasteiger partial charge in [-0.25, -0.2) is 4.98 Å². The summed E-state index contributed by atoms with van der Waals surface area (Å²) in [5.74, 6) is 0. The van der Waals surface area contributed by atoms with Gasteiger partial charge in [-0.05, 0) is 45.2 Å². The molecule has 2 atom stereocenters. The van der Waals surface area contributed by atoms with Gasteiger partial charge in [-0.1, -0.05) is 29.3 Å². The molecule has 0 aliphatic heterocycles. The fourth-order valence-electron chi connectivity index (χ4n) is 1.51. The Labute approximate surface area is 134 Å².